The summed E-state index contributed by atoms with van der Waals surface area (Å²) in [4.78, 5) is 11.5. The van der Waals surface area contributed by atoms with E-state index >= 15 is 0 Å². The number of carbonyl (C=O) groups is 1. The summed E-state index contributed by atoms with van der Waals surface area (Å²) < 4.78 is 5.02. The fourth-order valence-electron chi connectivity index (χ4n) is 1.80. The maximum absolute atomic E-state index is 11.5. The van der Waals surface area contributed by atoms with E-state index in [1.807, 2.05) is 37.3 Å². The Labute approximate surface area is 101 Å². The molecule has 0 aliphatic carbocycles. The summed E-state index contributed by atoms with van der Waals surface area (Å²) >= 11 is 0. The average molecular weight is 232 g/mol. The number of carbonyl (C=O) groups excluding carboxylic acids is 1. The van der Waals surface area contributed by atoms with Crippen molar-refractivity contribution >= 4 is 12.3 Å². The molecule has 1 fully saturated rings. The van der Waals surface area contributed by atoms with Crippen LogP contribution in [-0.4, -0.2) is 30.0 Å². The quantitative estimate of drug-likeness (QED) is 0.748. The Morgan fingerprint density at radius 3 is 2.94 bits per heavy atom. The number of ether oxygens (including phenoxy) is 1. The number of hydrogen-bond donors (Lipinski definition) is 0. The number of cyclic esters (lactones) is 1. The zero-order valence-corrected chi connectivity index (χ0v) is 9.87. The first kappa shape index (κ1) is 11.6. The van der Waals surface area contributed by atoms with Crippen LogP contribution < -0.4 is 0 Å². The second kappa shape index (κ2) is 5.48. The van der Waals surface area contributed by atoms with Crippen molar-refractivity contribution in [3.63, 3.8) is 0 Å². The Morgan fingerprint density at radius 1 is 1.47 bits per heavy atom. The highest BCUT2D eigenvalue weighted by Gasteiger charge is 2.32. The lowest BCUT2D eigenvalue weighted by Gasteiger charge is -2.15. The van der Waals surface area contributed by atoms with Crippen molar-refractivity contribution in [1.82, 2.24) is 5.01 Å². The van der Waals surface area contributed by atoms with Gasteiger partial charge in [0.2, 0.25) is 0 Å². The first-order valence-corrected chi connectivity index (χ1v) is 5.83. The minimum Gasteiger partial charge on any atom is -0.446 e. The number of hydrazone groups is 1. The Kier molecular flexibility index (Phi) is 3.75. The van der Waals surface area contributed by atoms with Crippen LogP contribution in [0.5, 0.6) is 0 Å². The van der Waals surface area contributed by atoms with Crippen LogP contribution >= 0.6 is 0 Å². The van der Waals surface area contributed by atoms with E-state index in [9.17, 15) is 4.79 Å². The van der Waals surface area contributed by atoms with Crippen LogP contribution in [0.2, 0.25) is 0 Å². The number of nitrogens with zero attached hydrogens (tertiary/aromatic N) is 2. The molecular weight excluding hydrogens is 216 g/mol. The summed E-state index contributed by atoms with van der Waals surface area (Å²) in [5.41, 5.74) is 1.19. The largest absolute Gasteiger partial charge is 0.446 e. The summed E-state index contributed by atoms with van der Waals surface area (Å²) in [5.74, 6) is 0. The maximum atomic E-state index is 11.5. The van der Waals surface area contributed by atoms with Gasteiger partial charge in [0.25, 0.3) is 0 Å². The van der Waals surface area contributed by atoms with E-state index in [-0.39, 0.29) is 12.1 Å². The molecule has 1 heterocycles. The van der Waals surface area contributed by atoms with E-state index in [1.54, 1.807) is 6.21 Å². The molecule has 0 radical (unpaired) electrons. The van der Waals surface area contributed by atoms with Crippen molar-refractivity contribution in [2.75, 3.05) is 6.61 Å². The van der Waals surface area contributed by atoms with Gasteiger partial charge < -0.3 is 4.74 Å². The molecule has 0 aromatic heterocycles. The number of benzene rings is 1. The summed E-state index contributed by atoms with van der Waals surface area (Å²) in [5, 5.41) is 5.58. The molecule has 1 aromatic rings. The molecule has 17 heavy (non-hydrogen) atoms. The lowest BCUT2D eigenvalue weighted by molar-refractivity contribution is 0.159. The van der Waals surface area contributed by atoms with E-state index in [0.717, 1.165) is 12.8 Å². The van der Waals surface area contributed by atoms with Gasteiger partial charge in [-0.05, 0) is 18.4 Å². The molecule has 4 nitrogen and oxygen atoms in total. The molecule has 1 unspecified atom stereocenters. The highest BCUT2D eigenvalue weighted by molar-refractivity contribution is 5.71. The molecule has 1 aliphatic rings. The third-order valence-electron chi connectivity index (χ3n) is 2.63. The van der Waals surface area contributed by atoms with E-state index in [0.29, 0.717) is 6.61 Å². The second-order valence-corrected chi connectivity index (χ2v) is 3.97. The van der Waals surface area contributed by atoms with Crippen LogP contribution in [0.25, 0.3) is 0 Å². The number of rotatable bonds is 4. The lowest BCUT2D eigenvalue weighted by atomic mass is 10.1. The molecule has 1 aromatic carbocycles. The predicted octanol–water partition coefficient (Wildman–Crippen LogP) is 2.45. The van der Waals surface area contributed by atoms with Crippen LogP contribution in [0.1, 0.15) is 18.9 Å². The smallest absolute Gasteiger partial charge is 0.430 e. The van der Waals surface area contributed by atoms with Gasteiger partial charge in [-0.15, -0.1) is 0 Å². The zero-order chi connectivity index (χ0) is 12.1. The van der Waals surface area contributed by atoms with E-state index in [4.69, 9.17) is 4.74 Å². The second-order valence-electron chi connectivity index (χ2n) is 3.97. The summed E-state index contributed by atoms with van der Waals surface area (Å²) in [7, 11) is 0. The van der Waals surface area contributed by atoms with Crippen molar-refractivity contribution in [2.24, 2.45) is 5.10 Å². The third kappa shape index (κ3) is 2.84. The first-order chi connectivity index (χ1) is 8.31. The Balaban J connectivity index is 2.05. The van der Waals surface area contributed by atoms with Crippen LogP contribution in [0.3, 0.4) is 0 Å². The molecule has 0 bridgehead atoms. The molecule has 1 atom stereocenters. The number of amides is 1. The van der Waals surface area contributed by atoms with Gasteiger partial charge in [-0.25, -0.2) is 4.79 Å². The highest BCUT2D eigenvalue weighted by atomic mass is 16.6. The SMILES string of the molecule is CC/C=N/N1C(=O)OCC1Cc1ccccc1. The molecule has 2 rings (SSSR count). The molecular formula is C13H16N2O2. The first-order valence-electron chi connectivity index (χ1n) is 5.83. The van der Waals surface area contributed by atoms with Gasteiger partial charge in [-0.1, -0.05) is 37.3 Å². The van der Waals surface area contributed by atoms with Crippen molar-refractivity contribution < 1.29 is 9.53 Å². The van der Waals surface area contributed by atoms with E-state index in [1.165, 1.54) is 10.6 Å². The average Bonchev–Trinajstić information content (AvgIpc) is 2.69. The summed E-state index contributed by atoms with van der Waals surface area (Å²) in [6, 6.07) is 10.1. The van der Waals surface area contributed by atoms with Crippen LogP contribution in [0.15, 0.2) is 35.4 Å². The van der Waals surface area contributed by atoms with Gasteiger partial charge in [0.15, 0.2) is 0 Å². The maximum Gasteiger partial charge on any atom is 0.430 e. The molecule has 0 spiro atoms. The Bertz CT molecular complexity index is 403. The monoisotopic (exact) mass is 232 g/mol. The zero-order valence-electron chi connectivity index (χ0n) is 9.87. The molecule has 90 valence electrons. The lowest BCUT2D eigenvalue weighted by Crippen LogP contribution is -2.30. The molecule has 0 N–H and O–H groups in total. The normalized spacial score (nSPS) is 19.9. The van der Waals surface area contributed by atoms with E-state index < -0.39 is 0 Å². The van der Waals surface area contributed by atoms with Crippen LogP contribution in [-0.2, 0) is 11.2 Å². The fraction of sp³-hybridized carbons (Fsp3) is 0.385. The fourth-order valence-corrected chi connectivity index (χ4v) is 1.80. The topological polar surface area (TPSA) is 41.9 Å². The molecule has 1 aliphatic heterocycles. The van der Waals surface area contributed by atoms with Crippen LogP contribution in [0, 0.1) is 0 Å². The van der Waals surface area contributed by atoms with Crippen molar-refractivity contribution in [1.29, 1.82) is 0 Å². The van der Waals surface area contributed by atoms with Crippen molar-refractivity contribution in [3.05, 3.63) is 35.9 Å². The Hall–Kier alpha value is -1.84. The summed E-state index contributed by atoms with van der Waals surface area (Å²) in [6.45, 7) is 2.39. The predicted molar refractivity (Wildman–Crippen MR) is 65.9 cm³/mol. The highest BCUT2D eigenvalue weighted by Crippen LogP contribution is 2.17. The molecule has 1 saturated heterocycles. The minimum atomic E-state index is -0.351. The Morgan fingerprint density at radius 2 is 2.24 bits per heavy atom. The van der Waals surface area contributed by atoms with Crippen molar-refractivity contribution in [2.45, 2.75) is 25.8 Å². The minimum absolute atomic E-state index is 0.00713. The van der Waals surface area contributed by atoms with E-state index in [2.05, 4.69) is 5.10 Å². The molecule has 1 amide bonds. The molecule has 4 heteroatoms. The van der Waals surface area contributed by atoms with Gasteiger partial charge in [0, 0.05) is 6.21 Å². The van der Waals surface area contributed by atoms with Gasteiger partial charge in [0.05, 0.1) is 6.04 Å². The van der Waals surface area contributed by atoms with Gasteiger partial charge >= 0.3 is 6.09 Å². The van der Waals surface area contributed by atoms with Gasteiger partial charge in [-0.2, -0.15) is 10.1 Å². The van der Waals surface area contributed by atoms with Gasteiger partial charge in [-0.3, -0.25) is 0 Å². The third-order valence-corrected chi connectivity index (χ3v) is 2.63. The van der Waals surface area contributed by atoms with Gasteiger partial charge in [0.1, 0.15) is 6.61 Å². The number of hydrogen-bond acceptors (Lipinski definition) is 3. The van der Waals surface area contributed by atoms with Crippen LogP contribution in [0.4, 0.5) is 4.79 Å². The standard InChI is InChI=1S/C13H16N2O2/c1-2-8-14-15-12(10-17-13(15)16)9-11-6-4-3-5-7-11/h3-8,12H,2,9-10H2,1H3/b14-8+. The summed E-state index contributed by atoms with van der Waals surface area (Å²) in [6.07, 6.45) is 2.95. The molecule has 0 saturated carbocycles. The van der Waals surface area contributed by atoms with Crippen molar-refractivity contribution in [3.8, 4) is 0 Å².